The summed E-state index contributed by atoms with van der Waals surface area (Å²) in [7, 11) is -2.30. The number of aromatic nitrogens is 2. The van der Waals surface area contributed by atoms with Crippen molar-refractivity contribution in [3.63, 3.8) is 0 Å². The molecule has 1 aromatic heterocycles. The predicted octanol–water partition coefficient (Wildman–Crippen LogP) is 0.899. The number of rotatable bonds is 11. The largest absolute Gasteiger partial charge is 0.383 e. The molecule has 2 rings (SSSR count). The van der Waals surface area contributed by atoms with Gasteiger partial charge < -0.3 is 10.5 Å². The number of nitrogens with zero attached hydrogens (tertiary/aromatic N) is 2. The highest BCUT2D eigenvalue weighted by molar-refractivity contribution is 7.89. The first kappa shape index (κ1) is 26.3. The van der Waals surface area contributed by atoms with E-state index in [9.17, 15) is 22.8 Å². The number of benzene rings is 1. The number of carbonyl (C=O) groups excluding carboxylic acids is 1. The topological polar surface area (TPSA) is 157 Å². The van der Waals surface area contributed by atoms with Gasteiger partial charge in [0.25, 0.3) is 11.5 Å². The van der Waals surface area contributed by atoms with Crippen LogP contribution in [0, 0.1) is 0 Å². The molecule has 2 aromatic rings. The standard InChI is InChI=1S/C21H31N5O6S/c1-5-11-26-18(22)17(19(27)23-21(26)29)25(12-13-32-4)20(28)15-7-9-16(10-8-15)33(30,31)24-14(3)6-2/h7-10,14,24H,5-6,11-13,22H2,1-4H3,(H,23,27,29). The van der Waals surface area contributed by atoms with Gasteiger partial charge in [-0.25, -0.2) is 17.9 Å². The number of carbonyl (C=O) groups is 1. The molecule has 1 atom stereocenters. The van der Waals surface area contributed by atoms with Crippen molar-refractivity contribution in [3.05, 3.63) is 50.7 Å². The Morgan fingerprint density at radius 2 is 1.88 bits per heavy atom. The molecular weight excluding hydrogens is 450 g/mol. The monoisotopic (exact) mass is 481 g/mol. The number of ether oxygens (including phenoxy) is 1. The maximum Gasteiger partial charge on any atom is 0.330 e. The van der Waals surface area contributed by atoms with E-state index in [1.165, 1.54) is 35.9 Å². The molecule has 0 fully saturated rings. The molecule has 11 nitrogen and oxygen atoms in total. The highest BCUT2D eigenvalue weighted by Crippen LogP contribution is 2.20. The summed E-state index contributed by atoms with van der Waals surface area (Å²) in [5.74, 6) is -0.725. The number of hydrogen-bond acceptors (Lipinski definition) is 7. The molecule has 0 saturated carbocycles. The van der Waals surface area contributed by atoms with Gasteiger partial charge in [-0.05, 0) is 44.0 Å². The van der Waals surface area contributed by atoms with Crippen molar-refractivity contribution < 1.29 is 17.9 Å². The van der Waals surface area contributed by atoms with Crippen LogP contribution >= 0.6 is 0 Å². The van der Waals surface area contributed by atoms with Crippen LogP contribution in [0.15, 0.2) is 38.8 Å². The molecule has 1 aromatic carbocycles. The van der Waals surface area contributed by atoms with Crippen LogP contribution < -0.4 is 26.6 Å². The first-order valence-electron chi connectivity index (χ1n) is 10.6. The fraction of sp³-hybridized carbons (Fsp3) is 0.476. The van der Waals surface area contributed by atoms with Crippen molar-refractivity contribution in [1.29, 1.82) is 0 Å². The van der Waals surface area contributed by atoms with Crippen LogP contribution in [0.1, 0.15) is 44.0 Å². The number of sulfonamides is 1. The number of nitrogens with two attached hydrogens (primary N) is 1. The van der Waals surface area contributed by atoms with Crippen LogP contribution in [-0.2, 0) is 21.3 Å². The summed E-state index contributed by atoms with van der Waals surface area (Å²) in [6.45, 7) is 5.81. The molecule has 0 spiro atoms. The fourth-order valence-corrected chi connectivity index (χ4v) is 4.46. The van der Waals surface area contributed by atoms with Crippen LogP contribution in [0.25, 0.3) is 0 Å². The third-order valence-corrected chi connectivity index (χ3v) is 6.68. The van der Waals surface area contributed by atoms with Crippen molar-refractivity contribution in [3.8, 4) is 0 Å². The summed E-state index contributed by atoms with van der Waals surface area (Å²) in [5.41, 5.74) is 4.63. The second-order valence-corrected chi connectivity index (χ2v) is 9.26. The van der Waals surface area contributed by atoms with Gasteiger partial charge in [-0.1, -0.05) is 13.8 Å². The van der Waals surface area contributed by atoms with E-state index in [0.29, 0.717) is 12.8 Å². The Labute approximate surface area is 192 Å². The molecule has 0 aliphatic heterocycles. The van der Waals surface area contributed by atoms with Crippen molar-refractivity contribution in [2.24, 2.45) is 0 Å². The van der Waals surface area contributed by atoms with E-state index in [2.05, 4.69) is 9.71 Å². The highest BCUT2D eigenvalue weighted by Gasteiger charge is 2.26. The maximum atomic E-state index is 13.3. The van der Waals surface area contributed by atoms with Crippen LogP contribution in [0.4, 0.5) is 11.5 Å². The van der Waals surface area contributed by atoms with E-state index in [4.69, 9.17) is 10.5 Å². The molecule has 0 bridgehead atoms. The van der Waals surface area contributed by atoms with Crippen LogP contribution in [0.2, 0.25) is 0 Å². The average Bonchev–Trinajstić information content (AvgIpc) is 2.78. The third-order valence-electron chi connectivity index (χ3n) is 5.08. The molecule has 0 saturated heterocycles. The lowest BCUT2D eigenvalue weighted by Gasteiger charge is -2.24. The first-order chi connectivity index (χ1) is 15.6. The molecule has 12 heteroatoms. The van der Waals surface area contributed by atoms with Gasteiger partial charge >= 0.3 is 5.69 Å². The van der Waals surface area contributed by atoms with Gasteiger partial charge in [0, 0.05) is 31.8 Å². The maximum absolute atomic E-state index is 13.3. The lowest BCUT2D eigenvalue weighted by molar-refractivity contribution is 0.0975. The minimum atomic E-state index is -3.74. The van der Waals surface area contributed by atoms with E-state index in [0.717, 1.165) is 4.90 Å². The summed E-state index contributed by atoms with van der Waals surface area (Å²) in [4.78, 5) is 41.4. The second-order valence-electron chi connectivity index (χ2n) is 7.55. The number of H-pyrrole nitrogens is 1. The summed E-state index contributed by atoms with van der Waals surface area (Å²) >= 11 is 0. The highest BCUT2D eigenvalue weighted by atomic mass is 32.2. The Kier molecular flexibility index (Phi) is 8.97. The Bertz CT molecular complexity index is 1190. The minimum absolute atomic E-state index is 0.0108. The number of hydrogen-bond donors (Lipinski definition) is 3. The zero-order chi connectivity index (χ0) is 24.8. The van der Waals surface area contributed by atoms with E-state index in [-0.39, 0.29) is 47.7 Å². The minimum Gasteiger partial charge on any atom is -0.383 e. The van der Waals surface area contributed by atoms with E-state index < -0.39 is 27.2 Å². The summed E-state index contributed by atoms with van der Waals surface area (Å²) in [6, 6.07) is 5.12. The van der Waals surface area contributed by atoms with Gasteiger partial charge in [0.05, 0.1) is 11.5 Å². The smallest absolute Gasteiger partial charge is 0.330 e. The molecular formula is C21H31N5O6S. The number of aromatic amines is 1. The average molecular weight is 482 g/mol. The van der Waals surface area contributed by atoms with Gasteiger partial charge in [0.2, 0.25) is 10.0 Å². The van der Waals surface area contributed by atoms with Crippen LogP contribution in [0.3, 0.4) is 0 Å². The van der Waals surface area contributed by atoms with Gasteiger partial charge in [0.1, 0.15) is 5.82 Å². The van der Waals surface area contributed by atoms with Crippen molar-refractivity contribution in [1.82, 2.24) is 14.3 Å². The Balaban J connectivity index is 2.49. The normalized spacial score (nSPS) is 12.5. The van der Waals surface area contributed by atoms with Gasteiger partial charge in [-0.15, -0.1) is 0 Å². The molecule has 0 aliphatic rings. The molecule has 1 heterocycles. The SMILES string of the molecule is CCCn1c(N)c(N(CCOC)C(=O)c2ccc(S(=O)(=O)NC(C)CC)cc2)c(=O)[nH]c1=O. The predicted molar refractivity (Wildman–Crippen MR) is 126 cm³/mol. The summed E-state index contributed by atoms with van der Waals surface area (Å²) in [6.07, 6.45) is 1.21. The lowest BCUT2D eigenvalue weighted by Crippen LogP contribution is -2.42. The number of amides is 1. The van der Waals surface area contributed by atoms with E-state index >= 15 is 0 Å². The second kappa shape index (κ2) is 11.3. The van der Waals surface area contributed by atoms with Crippen LogP contribution in [-0.4, -0.2) is 50.2 Å². The molecule has 1 amide bonds. The summed E-state index contributed by atoms with van der Waals surface area (Å²) in [5, 5.41) is 0. The van der Waals surface area contributed by atoms with Crippen molar-refractivity contribution in [2.75, 3.05) is 30.9 Å². The van der Waals surface area contributed by atoms with Crippen molar-refractivity contribution >= 4 is 27.4 Å². The number of nitrogen functional groups attached to an aromatic ring is 1. The Hall–Kier alpha value is -2.96. The molecule has 0 aliphatic carbocycles. The Morgan fingerprint density at radius 1 is 1.24 bits per heavy atom. The third kappa shape index (κ3) is 6.09. The zero-order valence-electron chi connectivity index (χ0n) is 19.3. The quantitative estimate of drug-likeness (QED) is 0.430. The molecule has 4 N–H and O–H groups in total. The Morgan fingerprint density at radius 3 is 2.42 bits per heavy atom. The summed E-state index contributed by atoms with van der Waals surface area (Å²) < 4.78 is 33.8. The molecule has 1 unspecified atom stereocenters. The number of methoxy groups -OCH3 is 1. The molecule has 33 heavy (non-hydrogen) atoms. The van der Waals surface area contributed by atoms with Crippen molar-refractivity contribution in [2.45, 2.75) is 51.1 Å². The van der Waals surface area contributed by atoms with Crippen LogP contribution in [0.5, 0.6) is 0 Å². The molecule has 0 radical (unpaired) electrons. The number of nitrogens with one attached hydrogen (secondary N) is 2. The zero-order valence-corrected chi connectivity index (χ0v) is 20.1. The van der Waals surface area contributed by atoms with Gasteiger partial charge in [-0.3, -0.25) is 24.0 Å². The fourth-order valence-electron chi connectivity index (χ4n) is 3.13. The van der Waals surface area contributed by atoms with E-state index in [1.807, 2.05) is 13.8 Å². The van der Waals surface area contributed by atoms with Gasteiger partial charge in [0.15, 0.2) is 5.69 Å². The lowest BCUT2D eigenvalue weighted by atomic mass is 10.2. The first-order valence-corrected chi connectivity index (χ1v) is 12.1. The molecule has 182 valence electrons. The van der Waals surface area contributed by atoms with E-state index in [1.54, 1.807) is 6.92 Å². The van der Waals surface area contributed by atoms with Gasteiger partial charge in [-0.2, -0.15) is 0 Å². The number of anilines is 2.